The van der Waals surface area contributed by atoms with Crippen LogP contribution in [0.25, 0.3) is 0 Å². The van der Waals surface area contributed by atoms with Crippen LogP contribution in [0.2, 0.25) is 0 Å². The highest BCUT2D eigenvalue weighted by atomic mass is 32.1. The Labute approximate surface area is 207 Å². The molecular formula is C23H20F2N4O6S. The number of hydrogen-bond donors (Lipinski definition) is 5. The maximum absolute atomic E-state index is 13.3. The molecule has 2 aromatic carbocycles. The fraction of sp³-hybridized carbons (Fsp3) is 0.174. The number of rotatable bonds is 9. The van der Waals surface area contributed by atoms with Gasteiger partial charge in [0, 0.05) is 18.2 Å². The quantitative estimate of drug-likeness (QED) is 0.291. The topological polar surface area (TPSA) is 158 Å². The van der Waals surface area contributed by atoms with E-state index in [4.69, 9.17) is 0 Å². The Kier molecular flexibility index (Phi) is 8.27. The third-order valence-electron chi connectivity index (χ3n) is 4.72. The average molecular weight is 518 g/mol. The molecule has 0 aliphatic rings. The van der Waals surface area contributed by atoms with Gasteiger partial charge in [0.25, 0.3) is 11.8 Å². The number of carboxylic acid groups (broad SMARTS) is 1. The van der Waals surface area contributed by atoms with E-state index in [2.05, 4.69) is 20.9 Å². The van der Waals surface area contributed by atoms with E-state index in [-0.39, 0.29) is 33.4 Å². The summed E-state index contributed by atoms with van der Waals surface area (Å²) in [4.78, 5) is 52.8. The lowest BCUT2D eigenvalue weighted by Crippen LogP contribution is -2.48. The van der Waals surface area contributed by atoms with Crippen LogP contribution >= 0.6 is 11.3 Å². The summed E-state index contributed by atoms with van der Waals surface area (Å²) in [6.07, 6.45) is -0.0510. The fourth-order valence-corrected chi connectivity index (χ4v) is 3.97. The van der Waals surface area contributed by atoms with Crippen molar-refractivity contribution in [3.05, 3.63) is 75.8 Å². The fourth-order valence-electron chi connectivity index (χ4n) is 3.08. The van der Waals surface area contributed by atoms with Crippen molar-refractivity contribution >= 4 is 40.2 Å². The molecule has 0 saturated heterocycles. The molecule has 0 bridgehead atoms. The van der Waals surface area contributed by atoms with Crippen LogP contribution in [0.15, 0.2) is 42.5 Å². The minimum atomic E-state index is -1.56. The van der Waals surface area contributed by atoms with Gasteiger partial charge in [-0.1, -0.05) is 23.5 Å². The number of benzene rings is 2. The lowest BCUT2D eigenvalue weighted by atomic mass is 10.1. The average Bonchev–Trinajstić information content (AvgIpc) is 3.15. The van der Waals surface area contributed by atoms with Crippen molar-refractivity contribution in [3.63, 3.8) is 0 Å². The summed E-state index contributed by atoms with van der Waals surface area (Å²) in [6.45, 7) is 0.926. The number of phenols is 1. The zero-order valence-electron chi connectivity index (χ0n) is 18.7. The SMILES string of the molecule is Cc1nc(NC(=O)Cc2cccc(O)c2)sc1C(=O)N[C@@H](CNC(=O)c1cc(F)cc(F)c1)C(=O)O. The highest BCUT2D eigenvalue weighted by Crippen LogP contribution is 2.23. The summed E-state index contributed by atoms with van der Waals surface area (Å²) < 4.78 is 26.6. The molecule has 5 N–H and O–H groups in total. The number of nitrogens with one attached hydrogen (secondary N) is 3. The van der Waals surface area contributed by atoms with Crippen LogP contribution in [0.1, 0.15) is 31.3 Å². The van der Waals surface area contributed by atoms with E-state index < -0.39 is 47.9 Å². The van der Waals surface area contributed by atoms with Crippen LogP contribution in [-0.4, -0.2) is 51.5 Å². The number of aromatic nitrogens is 1. The molecule has 0 saturated carbocycles. The van der Waals surface area contributed by atoms with Gasteiger partial charge in [0.15, 0.2) is 5.13 Å². The summed E-state index contributed by atoms with van der Waals surface area (Å²) in [5.74, 6) is -5.59. The molecular weight excluding hydrogens is 498 g/mol. The first-order valence-electron chi connectivity index (χ1n) is 10.3. The Morgan fingerprint density at radius 1 is 1.06 bits per heavy atom. The monoisotopic (exact) mass is 518 g/mol. The Morgan fingerprint density at radius 2 is 1.75 bits per heavy atom. The van der Waals surface area contributed by atoms with Crippen molar-refractivity contribution < 1.29 is 38.2 Å². The van der Waals surface area contributed by atoms with Crippen LogP contribution in [0.5, 0.6) is 5.75 Å². The lowest BCUT2D eigenvalue weighted by Gasteiger charge is -2.15. The van der Waals surface area contributed by atoms with Gasteiger partial charge in [-0.05, 0) is 36.8 Å². The number of thiazole rings is 1. The second-order valence-corrected chi connectivity index (χ2v) is 8.56. The smallest absolute Gasteiger partial charge is 0.328 e. The summed E-state index contributed by atoms with van der Waals surface area (Å²) in [7, 11) is 0. The number of halogens is 2. The molecule has 10 nitrogen and oxygen atoms in total. The minimum Gasteiger partial charge on any atom is -0.508 e. The van der Waals surface area contributed by atoms with Gasteiger partial charge in [-0.25, -0.2) is 18.6 Å². The van der Waals surface area contributed by atoms with Gasteiger partial charge in [-0.3, -0.25) is 14.4 Å². The molecule has 3 rings (SSSR count). The summed E-state index contributed by atoms with van der Waals surface area (Å²) in [6, 6.07) is 6.72. The van der Waals surface area contributed by atoms with Gasteiger partial charge in [-0.15, -0.1) is 0 Å². The van der Waals surface area contributed by atoms with E-state index in [1.54, 1.807) is 12.1 Å². The zero-order valence-corrected chi connectivity index (χ0v) is 19.5. The van der Waals surface area contributed by atoms with Crippen molar-refractivity contribution in [2.24, 2.45) is 0 Å². The Bertz CT molecular complexity index is 1310. The molecule has 0 radical (unpaired) electrons. The molecule has 0 aliphatic carbocycles. The molecule has 0 unspecified atom stereocenters. The van der Waals surface area contributed by atoms with E-state index in [0.29, 0.717) is 11.6 Å². The molecule has 0 fully saturated rings. The summed E-state index contributed by atoms with van der Waals surface area (Å²) in [5.41, 5.74) is 0.437. The lowest BCUT2D eigenvalue weighted by molar-refractivity contribution is -0.139. The summed E-state index contributed by atoms with van der Waals surface area (Å²) in [5, 5.41) is 26.0. The van der Waals surface area contributed by atoms with Crippen molar-refractivity contribution in [3.8, 4) is 5.75 Å². The minimum absolute atomic E-state index is 0.0108. The van der Waals surface area contributed by atoms with E-state index in [1.165, 1.54) is 19.1 Å². The van der Waals surface area contributed by atoms with E-state index in [9.17, 15) is 38.2 Å². The molecule has 3 amide bonds. The Morgan fingerprint density at radius 3 is 2.39 bits per heavy atom. The highest BCUT2D eigenvalue weighted by Gasteiger charge is 2.25. The van der Waals surface area contributed by atoms with Gasteiger partial charge in [-0.2, -0.15) is 0 Å². The van der Waals surface area contributed by atoms with Gasteiger partial charge in [0.1, 0.15) is 28.3 Å². The molecule has 36 heavy (non-hydrogen) atoms. The number of nitrogens with zero attached hydrogens (tertiary/aromatic N) is 1. The number of aliphatic carboxylic acids is 1. The molecule has 0 aliphatic heterocycles. The van der Waals surface area contributed by atoms with Gasteiger partial charge in [0.2, 0.25) is 5.91 Å². The number of amides is 3. The zero-order chi connectivity index (χ0) is 26.4. The Balaban J connectivity index is 1.61. The third-order valence-corrected chi connectivity index (χ3v) is 5.79. The number of hydrogen-bond acceptors (Lipinski definition) is 7. The maximum Gasteiger partial charge on any atom is 0.328 e. The predicted octanol–water partition coefficient (Wildman–Crippen LogP) is 2.23. The van der Waals surface area contributed by atoms with Crippen molar-refractivity contribution in [2.45, 2.75) is 19.4 Å². The van der Waals surface area contributed by atoms with Gasteiger partial charge < -0.3 is 26.2 Å². The molecule has 13 heteroatoms. The number of aromatic hydroxyl groups is 1. The Hall–Kier alpha value is -4.39. The van der Waals surface area contributed by atoms with Gasteiger partial charge in [0.05, 0.1) is 12.1 Å². The van der Waals surface area contributed by atoms with Crippen molar-refractivity contribution in [1.82, 2.24) is 15.6 Å². The van der Waals surface area contributed by atoms with E-state index in [0.717, 1.165) is 23.5 Å². The third kappa shape index (κ3) is 7.06. The van der Waals surface area contributed by atoms with Crippen LogP contribution in [0, 0.1) is 18.6 Å². The van der Waals surface area contributed by atoms with E-state index in [1.807, 2.05) is 0 Å². The number of carboxylic acids is 1. The molecule has 1 atom stereocenters. The first-order chi connectivity index (χ1) is 17.0. The number of anilines is 1. The summed E-state index contributed by atoms with van der Waals surface area (Å²) >= 11 is 0.820. The number of carbonyl (C=O) groups excluding carboxylic acids is 3. The molecule has 3 aromatic rings. The largest absolute Gasteiger partial charge is 0.508 e. The predicted molar refractivity (Wildman–Crippen MR) is 125 cm³/mol. The molecule has 188 valence electrons. The standard InChI is InChI=1S/C23H20F2N4O6S/c1-11-19(36-23(27-11)29-18(31)6-12-3-2-4-16(30)5-12)21(33)28-17(22(34)35)10-26-20(32)13-7-14(24)9-15(25)8-13/h2-5,7-9,17,30H,6,10H2,1H3,(H,26,32)(H,28,33)(H,34,35)(H,27,29,31)/t17-/m0/s1. The maximum atomic E-state index is 13.3. The normalized spacial score (nSPS) is 11.4. The second-order valence-electron chi connectivity index (χ2n) is 7.56. The highest BCUT2D eigenvalue weighted by molar-refractivity contribution is 7.17. The first kappa shape index (κ1) is 26.2. The van der Waals surface area contributed by atoms with Crippen molar-refractivity contribution in [2.75, 3.05) is 11.9 Å². The molecule has 0 spiro atoms. The number of carbonyl (C=O) groups is 4. The molecule has 1 heterocycles. The van der Waals surface area contributed by atoms with Gasteiger partial charge >= 0.3 is 5.97 Å². The van der Waals surface area contributed by atoms with Crippen LogP contribution in [0.3, 0.4) is 0 Å². The number of aryl methyl sites for hydroxylation is 1. The van der Waals surface area contributed by atoms with Crippen LogP contribution in [0.4, 0.5) is 13.9 Å². The first-order valence-corrected chi connectivity index (χ1v) is 11.2. The molecule has 1 aromatic heterocycles. The second kappa shape index (κ2) is 11.4. The van der Waals surface area contributed by atoms with Crippen molar-refractivity contribution in [1.29, 1.82) is 0 Å². The van der Waals surface area contributed by atoms with Crippen LogP contribution in [-0.2, 0) is 16.0 Å². The number of phenolic OH excluding ortho intramolecular Hbond substituents is 1. The van der Waals surface area contributed by atoms with Crippen LogP contribution < -0.4 is 16.0 Å². The van der Waals surface area contributed by atoms with E-state index >= 15 is 0 Å².